The zero-order valence-corrected chi connectivity index (χ0v) is 22.6. The van der Waals surface area contributed by atoms with Crippen LogP contribution in [0.1, 0.15) is 105 Å². The first-order valence-electron chi connectivity index (χ1n) is 12.9. The fourth-order valence-electron chi connectivity index (χ4n) is 3.58. The molecule has 194 valence electrons. The Labute approximate surface area is 207 Å². The Morgan fingerprint density at radius 2 is 1.39 bits per heavy atom. The molecule has 0 aromatic carbocycles. The molecule has 7 nitrogen and oxygen atoms in total. The predicted molar refractivity (Wildman–Crippen MR) is 140 cm³/mol. The van der Waals surface area contributed by atoms with E-state index in [1.807, 2.05) is 6.92 Å². The lowest BCUT2D eigenvalue weighted by Gasteiger charge is -2.21. The number of rotatable bonds is 21. The van der Waals surface area contributed by atoms with Gasteiger partial charge in [-0.15, -0.1) is 0 Å². The maximum absolute atomic E-state index is 12.7. The van der Waals surface area contributed by atoms with E-state index in [2.05, 4.69) is 61.2 Å². The van der Waals surface area contributed by atoms with E-state index in [9.17, 15) is 14.4 Å². The van der Waals surface area contributed by atoms with Crippen LogP contribution >= 0.6 is 12.8 Å². The summed E-state index contributed by atoms with van der Waals surface area (Å²) in [4.78, 5) is 36.9. The van der Waals surface area contributed by atoms with Crippen molar-refractivity contribution in [1.29, 1.82) is 0 Å². The molecule has 0 aromatic rings. The van der Waals surface area contributed by atoms with Gasteiger partial charge in [0.15, 0.2) is 5.78 Å². The number of Topliss-reactive ketones (excluding diaryl/α,β-unsaturated/α-hetero) is 1. The van der Waals surface area contributed by atoms with Crippen molar-refractivity contribution in [3.63, 3.8) is 0 Å². The fourth-order valence-corrected chi connectivity index (χ4v) is 3.82. The van der Waals surface area contributed by atoms with Crippen LogP contribution in [0, 0.1) is 5.92 Å². The van der Waals surface area contributed by atoms with E-state index in [-0.39, 0.29) is 17.6 Å². The van der Waals surface area contributed by atoms with E-state index in [4.69, 9.17) is 0 Å². The van der Waals surface area contributed by atoms with Gasteiger partial charge < -0.3 is 16.0 Å². The summed E-state index contributed by atoms with van der Waals surface area (Å²) in [5.41, 5.74) is 0. The molecule has 0 aliphatic heterocycles. The summed E-state index contributed by atoms with van der Waals surface area (Å²) < 4.78 is 2.77. The van der Waals surface area contributed by atoms with Crippen molar-refractivity contribution in [2.24, 2.45) is 5.92 Å². The third kappa shape index (κ3) is 17.9. The molecule has 0 spiro atoms. The highest BCUT2D eigenvalue weighted by Crippen LogP contribution is 2.09. The average Bonchev–Trinajstić information content (AvgIpc) is 2.77. The normalized spacial score (nSPS) is 13.2. The minimum atomic E-state index is -0.463. The van der Waals surface area contributed by atoms with Crippen LogP contribution in [0.3, 0.4) is 0 Å². The first-order valence-corrected chi connectivity index (χ1v) is 13.4. The highest BCUT2D eigenvalue weighted by molar-refractivity contribution is 7.78. The van der Waals surface area contributed by atoms with E-state index in [1.54, 1.807) is 0 Å². The standard InChI is InChI=1S/C25H50N4O3S/c1-6-23(30)21(14-9-11-17-26-20(4)5)28-25(32)22(29-33)15-10-12-18-27-24(31)16-8-7-13-19(2)3/h19-22,26,29,33H,6-18H2,1-5H3,(H,27,31)(H,28,32). The number of amides is 2. The molecular weight excluding hydrogens is 436 g/mol. The second kappa shape index (κ2) is 20.3. The number of carbonyl (C=O) groups excluding carboxylic acids is 3. The van der Waals surface area contributed by atoms with E-state index < -0.39 is 12.1 Å². The van der Waals surface area contributed by atoms with Crippen LogP contribution in [0.15, 0.2) is 0 Å². The quantitative estimate of drug-likeness (QED) is 0.125. The smallest absolute Gasteiger partial charge is 0.238 e. The lowest BCUT2D eigenvalue weighted by atomic mass is 10.0. The molecule has 0 heterocycles. The maximum atomic E-state index is 12.7. The van der Waals surface area contributed by atoms with Gasteiger partial charge in [-0.05, 0) is 57.4 Å². The Bertz CT molecular complexity index is 544. The van der Waals surface area contributed by atoms with Crippen molar-refractivity contribution < 1.29 is 14.4 Å². The maximum Gasteiger partial charge on any atom is 0.238 e. The largest absolute Gasteiger partial charge is 0.356 e. The van der Waals surface area contributed by atoms with E-state index >= 15 is 0 Å². The third-order valence-electron chi connectivity index (χ3n) is 5.68. The van der Waals surface area contributed by atoms with Crippen molar-refractivity contribution in [3.8, 4) is 0 Å². The molecule has 0 fully saturated rings. The minimum Gasteiger partial charge on any atom is -0.356 e. The van der Waals surface area contributed by atoms with Gasteiger partial charge >= 0.3 is 0 Å². The van der Waals surface area contributed by atoms with Crippen molar-refractivity contribution >= 4 is 30.4 Å². The van der Waals surface area contributed by atoms with Gasteiger partial charge in [-0.3, -0.25) is 19.1 Å². The molecule has 0 radical (unpaired) electrons. The van der Waals surface area contributed by atoms with Gasteiger partial charge in [-0.1, -0.05) is 60.3 Å². The van der Waals surface area contributed by atoms with Gasteiger partial charge in [0, 0.05) is 25.4 Å². The Morgan fingerprint density at radius 3 is 1.97 bits per heavy atom. The number of unbranched alkanes of at least 4 members (excludes halogenated alkanes) is 3. The molecule has 0 aromatic heterocycles. The number of thiol groups is 1. The molecule has 0 saturated heterocycles. The van der Waals surface area contributed by atoms with Crippen LogP contribution < -0.4 is 20.7 Å². The van der Waals surface area contributed by atoms with E-state index in [1.165, 1.54) is 0 Å². The lowest BCUT2D eigenvalue weighted by molar-refractivity contribution is -0.128. The van der Waals surface area contributed by atoms with Crippen molar-refractivity contribution in [1.82, 2.24) is 20.7 Å². The second-order valence-corrected chi connectivity index (χ2v) is 9.91. The topological polar surface area (TPSA) is 99.3 Å². The molecule has 2 amide bonds. The van der Waals surface area contributed by atoms with Gasteiger partial charge in [0.25, 0.3) is 0 Å². The molecule has 0 saturated carbocycles. The molecule has 0 bridgehead atoms. The SMILES string of the molecule is CCC(=O)C(CCCCNC(C)C)NC(=O)C(CCCCNC(=O)CCCCC(C)C)NS. The number of nitrogens with one attached hydrogen (secondary N) is 4. The van der Waals surface area contributed by atoms with Crippen LogP contribution in [0.25, 0.3) is 0 Å². The summed E-state index contributed by atoms with van der Waals surface area (Å²) in [7, 11) is 0. The van der Waals surface area contributed by atoms with Gasteiger partial charge in [0.05, 0.1) is 12.1 Å². The van der Waals surface area contributed by atoms with Crippen LogP contribution in [0.4, 0.5) is 0 Å². The Hall–Kier alpha value is -1.12. The van der Waals surface area contributed by atoms with Gasteiger partial charge in [0.2, 0.25) is 11.8 Å². The summed E-state index contributed by atoms with van der Waals surface area (Å²) in [5, 5.41) is 9.25. The summed E-state index contributed by atoms with van der Waals surface area (Å²) in [6.07, 6.45) is 8.86. The monoisotopic (exact) mass is 486 g/mol. The first-order chi connectivity index (χ1) is 15.7. The lowest BCUT2D eigenvalue weighted by Crippen LogP contribution is -2.48. The highest BCUT2D eigenvalue weighted by Gasteiger charge is 2.23. The molecule has 0 aliphatic carbocycles. The van der Waals surface area contributed by atoms with Crippen LogP contribution in [0.2, 0.25) is 0 Å². The van der Waals surface area contributed by atoms with Gasteiger partial charge in [-0.25, -0.2) is 0 Å². The Morgan fingerprint density at radius 1 is 0.788 bits per heavy atom. The van der Waals surface area contributed by atoms with E-state index in [0.29, 0.717) is 44.2 Å². The van der Waals surface area contributed by atoms with Crippen molar-refractivity contribution in [2.45, 2.75) is 123 Å². The summed E-state index contributed by atoms with van der Waals surface area (Å²) in [6, 6.07) is -0.460. The molecule has 4 N–H and O–H groups in total. The highest BCUT2D eigenvalue weighted by atomic mass is 32.1. The van der Waals surface area contributed by atoms with Gasteiger partial charge in [0.1, 0.15) is 0 Å². The van der Waals surface area contributed by atoms with Crippen molar-refractivity contribution in [2.75, 3.05) is 13.1 Å². The summed E-state index contributed by atoms with van der Waals surface area (Å²) in [5.74, 6) is 0.659. The van der Waals surface area contributed by atoms with Gasteiger partial charge in [-0.2, -0.15) is 0 Å². The van der Waals surface area contributed by atoms with Crippen LogP contribution in [-0.4, -0.2) is 48.8 Å². The minimum absolute atomic E-state index is 0.0641. The summed E-state index contributed by atoms with van der Waals surface area (Å²) >= 11 is 4.12. The molecule has 0 aliphatic rings. The average molecular weight is 487 g/mol. The molecule has 0 rings (SSSR count). The van der Waals surface area contributed by atoms with Crippen LogP contribution in [-0.2, 0) is 14.4 Å². The fraction of sp³-hybridized carbons (Fsp3) is 0.880. The number of hydrogen-bond acceptors (Lipinski definition) is 6. The molecule has 8 heteroatoms. The number of hydrogen-bond donors (Lipinski definition) is 5. The zero-order chi connectivity index (χ0) is 25.1. The Kier molecular flexibility index (Phi) is 19.6. The first kappa shape index (κ1) is 31.9. The second-order valence-electron chi connectivity index (χ2n) is 9.65. The Balaban J connectivity index is 4.22. The van der Waals surface area contributed by atoms with Crippen molar-refractivity contribution in [3.05, 3.63) is 0 Å². The zero-order valence-electron chi connectivity index (χ0n) is 21.7. The summed E-state index contributed by atoms with van der Waals surface area (Å²) in [6.45, 7) is 12.0. The molecule has 2 atom stereocenters. The van der Waals surface area contributed by atoms with E-state index in [0.717, 1.165) is 51.5 Å². The molecular formula is C25H50N4O3S. The van der Waals surface area contributed by atoms with Crippen LogP contribution in [0.5, 0.6) is 0 Å². The molecule has 33 heavy (non-hydrogen) atoms. The number of ketones is 1. The predicted octanol–water partition coefficient (Wildman–Crippen LogP) is 3.92. The third-order valence-corrected chi connectivity index (χ3v) is 5.99. The molecule has 2 unspecified atom stereocenters. The number of carbonyl (C=O) groups is 3.